The number of aliphatic carboxylic acids is 1. The van der Waals surface area contributed by atoms with Gasteiger partial charge >= 0.3 is 12.1 Å². The second kappa shape index (κ2) is 7.91. The normalized spacial score (nSPS) is 14.4. The molecule has 1 saturated carbocycles. The molecule has 3 aromatic heterocycles. The Bertz CT molecular complexity index is 1320. The van der Waals surface area contributed by atoms with Gasteiger partial charge in [-0.15, -0.1) is 22.7 Å². The minimum absolute atomic E-state index is 0.0357. The van der Waals surface area contributed by atoms with Gasteiger partial charge < -0.3 is 14.4 Å². The van der Waals surface area contributed by atoms with Gasteiger partial charge in [0.1, 0.15) is 23.4 Å². The number of aromatic nitrogens is 1. The summed E-state index contributed by atoms with van der Waals surface area (Å²) in [6, 6.07) is 11.0. The number of anilines is 1. The van der Waals surface area contributed by atoms with Crippen LogP contribution in [-0.4, -0.2) is 22.3 Å². The first-order valence-corrected chi connectivity index (χ1v) is 11.8. The average Bonchev–Trinajstić information content (AvgIpc) is 3.17. The van der Waals surface area contributed by atoms with Crippen LogP contribution in [0.2, 0.25) is 5.02 Å². The van der Waals surface area contributed by atoms with E-state index in [1.807, 2.05) is 18.2 Å². The van der Waals surface area contributed by atoms with Crippen molar-refractivity contribution in [1.29, 1.82) is 0 Å². The number of thiophene rings is 2. The van der Waals surface area contributed by atoms with Gasteiger partial charge in [-0.25, -0.2) is 4.79 Å². The van der Waals surface area contributed by atoms with Gasteiger partial charge in [0, 0.05) is 24.9 Å². The average molecular weight is 489 g/mol. The molecule has 0 atom stereocenters. The Kier molecular flexibility index (Phi) is 5.19. The van der Waals surface area contributed by atoms with Gasteiger partial charge in [-0.05, 0) is 38.0 Å². The molecule has 1 aliphatic rings. The molecule has 5 rings (SSSR count). The second-order valence-corrected chi connectivity index (χ2v) is 10.2. The highest BCUT2D eigenvalue weighted by molar-refractivity contribution is 7.29. The molecule has 164 valence electrons. The number of hydrogen-bond donors (Lipinski definition) is 2. The molecule has 0 unspecified atom stereocenters. The van der Waals surface area contributed by atoms with Crippen LogP contribution in [0.1, 0.15) is 29.0 Å². The summed E-state index contributed by atoms with van der Waals surface area (Å²) in [4.78, 5) is 25.7. The summed E-state index contributed by atoms with van der Waals surface area (Å²) in [5, 5.41) is 16.8. The van der Waals surface area contributed by atoms with Crippen LogP contribution in [-0.2, 0) is 21.6 Å². The maximum Gasteiger partial charge on any atom is 0.412 e. The Labute approximate surface area is 195 Å². The molecule has 0 saturated heterocycles. The van der Waals surface area contributed by atoms with Crippen LogP contribution in [0.3, 0.4) is 0 Å². The molecule has 0 bridgehead atoms. The lowest BCUT2D eigenvalue weighted by Gasteiger charge is -2.08. The quantitative estimate of drug-likeness (QED) is 0.323. The van der Waals surface area contributed by atoms with Crippen molar-refractivity contribution in [1.82, 2.24) is 5.16 Å². The molecular formula is C22H17ClN2O5S2. The van der Waals surface area contributed by atoms with Crippen LogP contribution in [0.15, 0.2) is 40.9 Å². The Balaban J connectivity index is 1.35. The van der Waals surface area contributed by atoms with E-state index in [1.54, 1.807) is 25.1 Å². The Morgan fingerprint density at radius 2 is 2.00 bits per heavy atom. The zero-order valence-corrected chi connectivity index (χ0v) is 19.2. The third kappa shape index (κ3) is 3.66. The number of ether oxygens (including phenoxy) is 1. The lowest BCUT2D eigenvalue weighted by Crippen LogP contribution is -2.17. The number of amides is 1. The van der Waals surface area contributed by atoms with Crippen LogP contribution in [0.25, 0.3) is 20.0 Å². The van der Waals surface area contributed by atoms with E-state index in [2.05, 4.69) is 10.5 Å². The van der Waals surface area contributed by atoms with E-state index in [9.17, 15) is 14.7 Å². The molecular weight excluding hydrogens is 472 g/mol. The summed E-state index contributed by atoms with van der Waals surface area (Å²) in [6.45, 7) is 1.77. The molecule has 0 radical (unpaired) electrons. The molecule has 7 nitrogen and oxygen atoms in total. The number of carboxylic acids is 1. The third-order valence-corrected chi connectivity index (χ3v) is 8.33. The van der Waals surface area contributed by atoms with Gasteiger partial charge in [0.05, 0.1) is 4.88 Å². The molecule has 2 N–H and O–H groups in total. The summed E-state index contributed by atoms with van der Waals surface area (Å²) in [7, 11) is 0. The molecule has 1 amide bonds. The fourth-order valence-corrected chi connectivity index (χ4v) is 6.26. The number of benzene rings is 1. The first kappa shape index (κ1) is 21.0. The Morgan fingerprint density at radius 1 is 1.25 bits per heavy atom. The van der Waals surface area contributed by atoms with Gasteiger partial charge in [-0.1, -0.05) is 35.0 Å². The molecule has 1 aromatic carbocycles. The number of carboxylic acid groups (broad SMARTS) is 1. The highest BCUT2D eigenvalue weighted by Crippen LogP contribution is 2.53. The molecule has 0 spiro atoms. The molecule has 4 aromatic rings. The summed E-state index contributed by atoms with van der Waals surface area (Å²) in [5.41, 5.74) is 0.947. The van der Waals surface area contributed by atoms with E-state index >= 15 is 0 Å². The zero-order valence-electron chi connectivity index (χ0n) is 16.8. The number of carbonyl (C=O) groups excluding carboxylic acids is 1. The van der Waals surface area contributed by atoms with Gasteiger partial charge in [0.2, 0.25) is 5.76 Å². The molecule has 32 heavy (non-hydrogen) atoms. The predicted octanol–water partition coefficient (Wildman–Crippen LogP) is 6.44. The largest absolute Gasteiger partial charge is 0.481 e. The van der Waals surface area contributed by atoms with Crippen LogP contribution in [0.5, 0.6) is 0 Å². The van der Waals surface area contributed by atoms with E-state index in [4.69, 9.17) is 20.9 Å². The number of fused-ring (bicyclic) bond motifs is 1. The third-order valence-electron chi connectivity index (χ3n) is 5.47. The predicted molar refractivity (Wildman–Crippen MR) is 124 cm³/mol. The maximum absolute atomic E-state index is 12.4. The fraction of sp³-hybridized carbons (Fsp3) is 0.227. The Hall–Kier alpha value is -2.88. The van der Waals surface area contributed by atoms with Crippen molar-refractivity contribution in [3.05, 3.63) is 57.6 Å². The molecule has 10 heteroatoms. The summed E-state index contributed by atoms with van der Waals surface area (Å²) < 4.78 is 12.8. The van der Waals surface area contributed by atoms with E-state index in [0.29, 0.717) is 40.6 Å². The van der Waals surface area contributed by atoms with E-state index in [1.165, 1.54) is 22.7 Å². The van der Waals surface area contributed by atoms with Crippen LogP contribution >= 0.6 is 34.3 Å². The standard InChI is InChI=1S/C22H17ClN2O5S2/c1-11-18(24-21(28)29-10-12-4-2-3-5-13(12)23)19(30-25-11)16-8-14-15(31-16)9-17(32-14)22(6-7-22)20(26)27/h2-5,8-9H,6-7,10H2,1H3,(H,24,28)(H,26,27). The number of rotatable bonds is 6. The number of halogens is 1. The molecule has 0 aliphatic heterocycles. The van der Waals surface area contributed by atoms with Crippen molar-refractivity contribution in [2.75, 3.05) is 5.32 Å². The van der Waals surface area contributed by atoms with Crippen molar-refractivity contribution in [3.63, 3.8) is 0 Å². The highest BCUT2D eigenvalue weighted by atomic mass is 35.5. The van der Waals surface area contributed by atoms with Crippen molar-refractivity contribution < 1.29 is 24.0 Å². The Morgan fingerprint density at radius 3 is 2.69 bits per heavy atom. The summed E-state index contributed by atoms with van der Waals surface area (Å²) >= 11 is 9.06. The molecule has 1 fully saturated rings. The van der Waals surface area contributed by atoms with E-state index in [-0.39, 0.29) is 6.61 Å². The first-order valence-electron chi connectivity index (χ1n) is 9.78. The van der Waals surface area contributed by atoms with E-state index in [0.717, 1.165) is 19.2 Å². The first-order chi connectivity index (χ1) is 15.4. The minimum Gasteiger partial charge on any atom is -0.481 e. The zero-order chi connectivity index (χ0) is 22.5. The van der Waals surface area contributed by atoms with Gasteiger partial charge in [-0.3, -0.25) is 10.1 Å². The van der Waals surface area contributed by atoms with Gasteiger partial charge in [0.15, 0.2) is 0 Å². The molecule has 3 heterocycles. The van der Waals surface area contributed by atoms with Crippen LogP contribution < -0.4 is 5.32 Å². The van der Waals surface area contributed by atoms with Crippen molar-refractivity contribution >= 4 is 61.4 Å². The highest BCUT2D eigenvalue weighted by Gasteiger charge is 2.53. The number of aryl methyl sites for hydroxylation is 1. The van der Waals surface area contributed by atoms with Crippen molar-refractivity contribution in [2.24, 2.45) is 0 Å². The van der Waals surface area contributed by atoms with Crippen LogP contribution in [0, 0.1) is 6.92 Å². The maximum atomic E-state index is 12.4. The number of carbonyl (C=O) groups is 2. The number of hydrogen-bond acceptors (Lipinski definition) is 7. The molecule has 1 aliphatic carbocycles. The van der Waals surface area contributed by atoms with Gasteiger partial charge in [0.25, 0.3) is 0 Å². The van der Waals surface area contributed by atoms with Crippen LogP contribution in [0.4, 0.5) is 10.5 Å². The van der Waals surface area contributed by atoms with Crippen molar-refractivity contribution in [2.45, 2.75) is 31.8 Å². The second-order valence-electron chi connectivity index (χ2n) is 7.60. The lowest BCUT2D eigenvalue weighted by molar-refractivity contribution is -0.139. The van der Waals surface area contributed by atoms with E-state index < -0.39 is 17.5 Å². The monoisotopic (exact) mass is 488 g/mol. The fourth-order valence-electron chi connectivity index (χ4n) is 3.46. The smallest absolute Gasteiger partial charge is 0.412 e. The summed E-state index contributed by atoms with van der Waals surface area (Å²) in [6.07, 6.45) is 0.707. The lowest BCUT2D eigenvalue weighted by atomic mass is 10.1. The number of nitrogens with one attached hydrogen (secondary N) is 1. The topological polar surface area (TPSA) is 102 Å². The van der Waals surface area contributed by atoms with Crippen molar-refractivity contribution in [3.8, 4) is 10.6 Å². The SMILES string of the molecule is Cc1noc(-c2cc3sc(C4(C(=O)O)CC4)cc3s2)c1NC(=O)OCc1ccccc1Cl. The van der Waals surface area contributed by atoms with Gasteiger partial charge in [-0.2, -0.15) is 0 Å². The summed E-state index contributed by atoms with van der Waals surface area (Å²) in [5.74, 6) is -0.328. The minimum atomic E-state index is -0.765. The number of nitrogens with zero attached hydrogens (tertiary/aromatic N) is 1.